The minimum atomic E-state index is 0.119. The van der Waals surface area contributed by atoms with Crippen LogP contribution in [0.5, 0.6) is 17.2 Å². The molecule has 0 N–H and O–H groups in total. The second-order valence-electron chi connectivity index (χ2n) is 4.56. The van der Waals surface area contributed by atoms with Gasteiger partial charge in [0.2, 0.25) is 0 Å². The Hall–Kier alpha value is -1.76. The zero-order chi connectivity index (χ0) is 16.7. The lowest BCUT2D eigenvalue weighted by Crippen LogP contribution is -2.05. The van der Waals surface area contributed by atoms with Gasteiger partial charge in [-0.3, -0.25) is 0 Å². The summed E-state index contributed by atoms with van der Waals surface area (Å²) in [7, 11) is 4.74. The fourth-order valence-corrected chi connectivity index (χ4v) is 2.71. The van der Waals surface area contributed by atoms with E-state index >= 15 is 0 Å². The lowest BCUT2D eigenvalue weighted by molar-refractivity contribution is 0.0456. The van der Waals surface area contributed by atoms with Gasteiger partial charge in [-0.25, -0.2) is 0 Å². The Morgan fingerprint density at radius 2 is 1.48 bits per heavy atom. The van der Waals surface area contributed by atoms with Gasteiger partial charge < -0.3 is 23.7 Å². The third kappa shape index (κ3) is 4.16. The maximum Gasteiger partial charge on any atom is 0.188 e. The van der Waals surface area contributed by atoms with Gasteiger partial charge in [-0.2, -0.15) is 0 Å². The molecule has 23 heavy (non-hydrogen) atoms. The fourth-order valence-electron chi connectivity index (χ4n) is 2.12. The molecule has 0 spiro atoms. The number of benzene rings is 2. The van der Waals surface area contributed by atoms with Crippen LogP contribution in [0.25, 0.3) is 11.1 Å². The molecular weight excluding hydrogens is 364 g/mol. The van der Waals surface area contributed by atoms with Crippen LogP contribution in [0.4, 0.5) is 0 Å². The van der Waals surface area contributed by atoms with E-state index in [0.29, 0.717) is 21.7 Å². The van der Waals surface area contributed by atoms with Crippen molar-refractivity contribution in [3.63, 3.8) is 0 Å². The van der Waals surface area contributed by atoms with E-state index < -0.39 is 0 Å². The molecule has 0 aliphatic rings. The second kappa shape index (κ2) is 8.76. The predicted octanol–water partition coefficient (Wildman–Crippen LogP) is 4.09. The normalized spacial score (nSPS) is 10.4. The molecule has 0 saturated heterocycles. The zero-order valence-corrected chi connectivity index (χ0v) is 14.9. The summed E-state index contributed by atoms with van der Waals surface area (Å²) in [6.45, 7) is 0.241. The molecule has 0 heterocycles. The Labute approximate surface area is 144 Å². The average molecular weight is 383 g/mol. The van der Waals surface area contributed by atoms with Crippen LogP contribution in [-0.4, -0.2) is 34.9 Å². The standard InChI is InChI=1S/C17H19BrO5/c1-19-10-22-13-9-14(23-11-20-2)16(18)17(21-3)15(13)12-7-5-4-6-8-12/h4-9H,10-11H2,1-3H3. The molecule has 0 amide bonds. The summed E-state index contributed by atoms with van der Waals surface area (Å²) < 4.78 is 27.5. The largest absolute Gasteiger partial charge is 0.495 e. The Morgan fingerprint density at radius 1 is 0.870 bits per heavy atom. The van der Waals surface area contributed by atoms with Crippen molar-refractivity contribution in [1.29, 1.82) is 0 Å². The van der Waals surface area contributed by atoms with Crippen LogP contribution in [-0.2, 0) is 9.47 Å². The van der Waals surface area contributed by atoms with Crippen LogP contribution < -0.4 is 14.2 Å². The Bertz CT molecular complexity index is 631. The van der Waals surface area contributed by atoms with Crippen LogP contribution in [0.2, 0.25) is 0 Å². The summed E-state index contributed by atoms with van der Waals surface area (Å²) in [5, 5.41) is 0. The Balaban J connectivity index is 2.59. The van der Waals surface area contributed by atoms with Crippen molar-refractivity contribution in [3.05, 3.63) is 40.9 Å². The lowest BCUT2D eigenvalue weighted by Gasteiger charge is -2.19. The number of hydrogen-bond acceptors (Lipinski definition) is 5. The third-order valence-corrected chi connectivity index (χ3v) is 3.83. The van der Waals surface area contributed by atoms with Crippen LogP contribution in [0, 0.1) is 0 Å². The molecule has 0 atom stereocenters. The highest BCUT2D eigenvalue weighted by atomic mass is 79.9. The van der Waals surface area contributed by atoms with Gasteiger partial charge in [0, 0.05) is 20.3 Å². The first-order valence-corrected chi connectivity index (χ1v) is 7.71. The van der Waals surface area contributed by atoms with Crippen molar-refractivity contribution in [3.8, 4) is 28.4 Å². The van der Waals surface area contributed by atoms with Gasteiger partial charge in [0.1, 0.15) is 21.7 Å². The molecular formula is C17H19BrO5. The van der Waals surface area contributed by atoms with Crippen molar-refractivity contribution in [1.82, 2.24) is 0 Å². The molecule has 2 aromatic rings. The smallest absolute Gasteiger partial charge is 0.188 e. The summed E-state index contributed by atoms with van der Waals surface area (Å²) in [6, 6.07) is 11.6. The van der Waals surface area contributed by atoms with E-state index in [9.17, 15) is 0 Å². The number of halogens is 1. The molecule has 0 aliphatic heterocycles. The highest BCUT2D eigenvalue weighted by molar-refractivity contribution is 9.10. The van der Waals surface area contributed by atoms with E-state index in [1.807, 2.05) is 30.3 Å². The molecule has 6 heteroatoms. The second-order valence-corrected chi connectivity index (χ2v) is 5.36. The molecule has 0 bridgehead atoms. The Kier molecular flexibility index (Phi) is 6.70. The van der Waals surface area contributed by atoms with Gasteiger partial charge >= 0.3 is 0 Å². The van der Waals surface area contributed by atoms with E-state index in [2.05, 4.69) is 15.9 Å². The van der Waals surface area contributed by atoms with Crippen molar-refractivity contribution < 1.29 is 23.7 Å². The van der Waals surface area contributed by atoms with Crippen molar-refractivity contribution in [2.75, 3.05) is 34.9 Å². The summed E-state index contributed by atoms with van der Waals surface area (Å²) >= 11 is 3.53. The predicted molar refractivity (Wildman–Crippen MR) is 91.1 cm³/mol. The first-order chi connectivity index (χ1) is 11.2. The number of rotatable bonds is 8. The average Bonchev–Trinajstić information content (AvgIpc) is 2.59. The maximum absolute atomic E-state index is 5.71. The monoisotopic (exact) mass is 382 g/mol. The number of methoxy groups -OCH3 is 3. The topological polar surface area (TPSA) is 46.2 Å². The summed E-state index contributed by atoms with van der Waals surface area (Å²) in [5.41, 5.74) is 1.79. The zero-order valence-electron chi connectivity index (χ0n) is 13.3. The van der Waals surface area contributed by atoms with Crippen LogP contribution in [0.3, 0.4) is 0 Å². The number of hydrogen-bond donors (Lipinski definition) is 0. The molecule has 0 saturated carbocycles. The highest BCUT2D eigenvalue weighted by Gasteiger charge is 2.21. The molecule has 5 nitrogen and oxygen atoms in total. The van der Waals surface area contributed by atoms with Crippen LogP contribution >= 0.6 is 15.9 Å². The van der Waals surface area contributed by atoms with Gasteiger partial charge in [-0.05, 0) is 21.5 Å². The summed E-state index contributed by atoms with van der Waals surface area (Å²) in [4.78, 5) is 0. The first-order valence-electron chi connectivity index (χ1n) is 6.92. The van der Waals surface area contributed by atoms with Gasteiger partial charge in [0.05, 0.1) is 12.7 Å². The molecule has 0 aliphatic carbocycles. The van der Waals surface area contributed by atoms with Crippen LogP contribution in [0.1, 0.15) is 0 Å². The van der Waals surface area contributed by atoms with E-state index in [-0.39, 0.29) is 13.6 Å². The first kappa shape index (κ1) is 17.6. The van der Waals surface area contributed by atoms with Gasteiger partial charge in [0.25, 0.3) is 0 Å². The number of ether oxygens (including phenoxy) is 5. The highest BCUT2D eigenvalue weighted by Crippen LogP contribution is 2.48. The SMILES string of the molecule is COCOc1cc(OCOC)c(-c2ccccc2)c(OC)c1Br. The molecule has 2 aromatic carbocycles. The fraction of sp³-hybridized carbons (Fsp3) is 0.294. The van der Waals surface area contributed by atoms with Crippen molar-refractivity contribution in [2.24, 2.45) is 0 Å². The van der Waals surface area contributed by atoms with E-state index in [1.165, 1.54) is 0 Å². The minimum Gasteiger partial charge on any atom is -0.495 e. The minimum absolute atomic E-state index is 0.119. The molecule has 124 valence electrons. The van der Waals surface area contributed by atoms with E-state index in [1.54, 1.807) is 27.4 Å². The third-order valence-electron chi connectivity index (χ3n) is 3.08. The van der Waals surface area contributed by atoms with E-state index in [4.69, 9.17) is 23.7 Å². The lowest BCUT2D eigenvalue weighted by atomic mass is 10.0. The van der Waals surface area contributed by atoms with Crippen molar-refractivity contribution >= 4 is 15.9 Å². The molecule has 0 unspecified atom stereocenters. The van der Waals surface area contributed by atoms with Gasteiger partial charge in [-0.1, -0.05) is 30.3 Å². The van der Waals surface area contributed by atoms with Gasteiger partial charge in [0.15, 0.2) is 13.6 Å². The maximum atomic E-state index is 5.71. The van der Waals surface area contributed by atoms with Gasteiger partial charge in [-0.15, -0.1) is 0 Å². The van der Waals surface area contributed by atoms with E-state index in [0.717, 1.165) is 11.1 Å². The Morgan fingerprint density at radius 3 is 2.04 bits per heavy atom. The molecule has 0 radical (unpaired) electrons. The summed E-state index contributed by atoms with van der Waals surface area (Å²) in [5.74, 6) is 1.79. The molecule has 2 rings (SSSR count). The molecule has 0 aromatic heterocycles. The van der Waals surface area contributed by atoms with Crippen LogP contribution in [0.15, 0.2) is 40.9 Å². The quantitative estimate of drug-likeness (QED) is 0.643. The molecule has 0 fully saturated rings. The summed E-state index contributed by atoms with van der Waals surface area (Å²) in [6.07, 6.45) is 0. The van der Waals surface area contributed by atoms with Crippen molar-refractivity contribution in [2.45, 2.75) is 0 Å².